The molecule has 2 nitrogen and oxygen atoms in total. The smallest absolute Gasteiger partial charge is 0.383 e. The van der Waals surface area contributed by atoms with Gasteiger partial charge in [-0.2, -0.15) is 13.2 Å². The van der Waals surface area contributed by atoms with Crippen molar-refractivity contribution in [1.29, 1.82) is 0 Å². The second-order valence-corrected chi connectivity index (χ2v) is 4.86. The fourth-order valence-corrected chi connectivity index (χ4v) is 2.19. The van der Waals surface area contributed by atoms with Gasteiger partial charge in [-0.05, 0) is 12.1 Å². The van der Waals surface area contributed by atoms with Crippen LogP contribution < -0.4 is 0 Å². The van der Waals surface area contributed by atoms with E-state index in [0.717, 1.165) is 12.1 Å². The number of hydrogen-bond acceptors (Lipinski definition) is 2. The van der Waals surface area contributed by atoms with Crippen LogP contribution in [0.5, 0.6) is 0 Å². The van der Waals surface area contributed by atoms with Crippen LogP contribution >= 0.6 is 23.2 Å². The third kappa shape index (κ3) is 3.28. The third-order valence-electron chi connectivity index (χ3n) is 2.74. The van der Waals surface area contributed by atoms with Crippen molar-refractivity contribution in [2.24, 2.45) is 0 Å². The molecule has 112 valence electrons. The van der Waals surface area contributed by atoms with Gasteiger partial charge in [0.05, 0.1) is 5.02 Å². The Labute approximate surface area is 127 Å². The summed E-state index contributed by atoms with van der Waals surface area (Å²) in [5, 5.41) is 9.25. The number of benzene rings is 1. The van der Waals surface area contributed by atoms with Gasteiger partial charge in [-0.3, -0.25) is 0 Å². The topological polar surface area (TPSA) is 33.1 Å². The molecule has 1 aromatic heterocycles. The summed E-state index contributed by atoms with van der Waals surface area (Å²) in [6, 6.07) is 5.39. The lowest BCUT2D eigenvalue weighted by atomic mass is 10.0. The molecular weight excluding hydrogens is 333 g/mol. The molecular formula is C13H7Cl2F4NO. The lowest BCUT2D eigenvalue weighted by Crippen LogP contribution is -2.10. The molecule has 21 heavy (non-hydrogen) atoms. The molecule has 0 amide bonds. The number of hydrogen-bond donors (Lipinski definition) is 1. The predicted octanol–water partition coefficient (Wildman–Crippen LogP) is 4.63. The molecule has 1 atom stereocenters. The third-order valence-corrected chi connectivity index (χ3v) is 3.44. The highest BCUT2D eigenvalue weighted by Gasteiger charge is 2.33. The fourth-order valence-electron chi connectivity index (χ4n) is 1.71. The zero-order valence-electron chi connectivity index (χ0n) is 10.1. The average molecular weight is 340 g/mol. The van der Waals surface area contributed by atoms with Gasteiger partial charge in [0.1, 0.15) is 22.8 Å². The minimum absolute atomic E-state index is 0.0138. The molecule has 0 radical (unpaired) electrons. The van der Waals surface area contributed by atoms with Crippen molar-refractivity contribution in [2.45, 2.75) is 12.3 Å². The average Bonchev–Trinajstić information content (AvgIpc) is 2.40. The summed E-state index contributed by atoms with van der Waals surface area (Å²) in [6.45, 7) is 0. The molecule has 0 saturated carbocycles. The van der Waals surface area contributed by atoms with Crippen molar-refractivity contribution in [2.75, 3.05) is 0 Å². The van der Waals surface area contributed by atoms with E-state index in [1.807, 2.05) is 0 Å². The minimum atomic E-state index is -4.65. The Kier molecular flexibility index (Phi) is 4.41. The molecule has 0 fully saturated rings. The van der Waals surface area contributed by atoms with Crippen LogP contribution in [0.4, 0.5) is 17.6 Å². The molecule has 0 saturated heterocycles. The number of nitrogens with zero attached hydrogens (tertiary/aromatic N) is 1. The van der Waals surface area contributed by atoms with Gasteiger partial charge in [-0.1, -0.05) is 41.4 Å². The number of aromatic nitrogens is 1. The number of pyridine rings is 1. The summed E-state index contributed by atoms with van der Waals surface area (Å²) >= 11 is 11.4. The normalized spacial score (nSPS) is 13.3. The number of rotatable bonds is 2. The Morgan fingerprint density at radius 3 is 2.29 bits per heavy atom. The molecule has 1 aromatic carbocycles. The highest BCUT2D eigenvalue weighted by atomic mass is 35.5. The van der Waals surface area contributed by atoms with Crippen LogP contribution in [0.3, 0.4) is 0 Å². The fraction of sp³-hybridized carbons (Fsp3) is 0.154. The summed E-state index contributed by atoms with van der Waals surface area (Å²) in [5.41, 5.74) is -1.30. The van der Waals surface area contributed by atoms with Crippen LogP contribution in [0.1, 0.15) is 22.9 Å². The minimum Gasteiger partial charge on any atom is -0.383 e. The lowest BCUT2D eigenvalue weighted by molar-refractivity contribution is -0.141. The molecule has 0 spiro atoms. The highest BCUT2D eigenvalue weighted by Crippen LogP contribution is 2.35. The molecule has 0 bridgehead atoms. The summed E-state index contributed by atoms with van der Waals surface area (Å²) in [7, 11) is 0. The van der Waals surface area contributed by atoms with Gasteiger partial charge in [0.2, 0.25) is 0 Å². The van der Waals surface area contributed by atoms with Crippen molar-refractivity contribution in [1.82, 2.24) is 4.98 Å². The quantitative estimate of drug-likeness (QED) is 0.639. The van der Waals surface area contributed by atoms with Crippen molar-refractivity contribution >= 4 is 23.2 Å². The van der Waals surface area contributed by atoms with Gasteiger partial charge in [-0.25, -0.2) is 9.37 Å². The van der Waals surface area contributed by atoms with Crippen LogP contribution in [0.25, 0.3) is 0 Å². The van der Waals surface area contributed by atoms with Crippen molar-refractivity contribution in [3.8, 4) is 0 Å². The SMILES string of the molecule is OC(c1ccc(C(F)(F)F)nc1Cl)c1cccc(F)c1Cl. The summed E-state index contributed by atoms with van der Waals surface area (Å²) in [6.07, 6.45) is -6.14. The zero-order chi connectivity index (χ0) is 15.8. The van der Waals surface area contributed by atoms with E-state index < -0.39 is 28.9 Å². The van der Waals surface area contributed by atoms with Crippen LogP contribution in [-0.2, 0) is 6.18 Å². The second kappa shape index (κ2) is 5.79. The Hall–Kier alpha value is -1.37. The molecule has 0 aliphatic rings. The first kappa shape index (κ1) is 16.0. The maximum atomic E-state index is 13.3. The first-order valence-electron chi connectivity index (χ1n) is 5.57. The monoisotopic (exact) mass is 339 g/mol. The number of aliphatic hydroxyl groups excluding tert-OH is 1. The van der Waals surface area contributed by atoms with E-state index in [1.54, 1.807) is 0 Å². The molecule has 1 N–H and O–H groups in total. The van der Waals surface area contributed by atoms with Crippen LogP contribution in [-0.4, -0.2) is 10.1 Å². The maximum Gasteiger partial charge on any atom is 0.433 e. The Morgan fingerprint density at radius 2 is 1.71 bits per heavy atom. The van der Waals surface area contributed by atoms with Crippen molar-refractivity contribution in [3.63, 3.8) is 0 Å². The van der Waals surface area contributed by atoms with Gasteiger partial charge >= 0.3 is 6.18 Å². The molecule has 2 rings (SSSR count). The Balaban J connectivity index is 2.45. The van der Waals surface area contributed by atoms with E-state index in [9.17, 15) is 22.7 Å². The van der Waals surface area contributed by atoms with Crippen LogP contribution in [0.15, 0.2) is 30.3 Å². The molecule has 1 heterocycles. The van der Waals surface area contributed by atoms with Crippen LogP contribution in [0, 0.1) is 5.82 Å². The Morgan fingerprint density at radius 1 is 1.05 bits per heavy atom. The summed E-state index contributed by atoms with van der Waals surface area (Å²) in [5.74, 6) is -0.760. The lowest BCUT2D eigenvalue weighted by Gasteiger charge is -2.15. The molecule has 1 unspecified atom stereocenters. The maximum absolute atomic E-state index is 13.3. The number of alkyl halides is 3. The van der Waals surface area contributed by atoms with Crippen molar-refractivity contribution < 1.29 is 22.7 Å². The summed E-state index contributed by atoms with van der Waals surface area (Å²) in [4.78, 5) is 3.19. The Bertz CT molecular complexity index is 676. The van der Waals surface area contributed by atoms with Gasteiger partial charge in [0, 0.05) is 11.1 Å². The van der Waals surface area contributed by atoms with E-state index in [1.165, 1.54) is 12.1 Å². The first-order valence-corrected chi connectivity index (χ1v) is 6.33. The van der Waals surface area contributed by atoms with Crippen LogP contribution in [0.2, 0.25) is 10.2 Å². The summed E-state index contributed by atoms with van der Waals surface area (Å²) < 4.78 is 50.8. The van der Waals surface area contributed by atoms with Gasteiger partial charge in [0.15, 0.2) is 0 Å². The molecule has 0 aliphatic carbocycles. The molecule has 2 aromatic rings. The van der Waals surface area contributed by atoms with Gasteiger partial charge < -0.3 is 5.11 Å². The van der Waals surface area contributed by atoms with E-state index in [2.05, 4.69) is 4.98 Å². The van der Waals surface area contributed by atoms with Crippen molar-refractivity contribution in [3.05, 3.63) is 63.1 Å². The predicted molar refractivity (Wildman–Crippen MR) is 69.7 cm³/mol. The highest BCUT2D eigenvalue weighted by molar-refractivity contribution is 6.32. The number of aliphatic hydroxyl groups is 1. The van der Waals surface area contributed by atoms with E-state index in [-0.39, 0.29) is 16.1 Å². The van der Waals surface area contributed by atoms with Gasteiger partial charge in [-0.15, -0.1) is 0 Å². The molecule has 0 aliphatic heterocycles. The van der Waals surface area contributed by atoms with E-state index in [0.29, 0.717) is 6.07 Å². The van der Waals surface area contributed by atoms with E-state index in [4.69, 9.17) is 23.2 Å². The standard InChI is InChI=1S/C13H7Cl2F4NO/c14-10-6(2-1-3-8(10)16)11(21)7-4-5-9(13(17,18)19)20-12(7)15/h1-5,11,21H. The van der Waals surface area contributed by atoms with Gasteiger partial charge in [0.25, 0.3) is 0 Å². The number of halogens is 6. The molecule has 8 heteroatoms. The largest absolute Gasteiger partial charge is 0.433 e. The van der Waals surface area contributed by atoms with E-state index >= 15 is 0 Å². The second-order valence-electron chi connectivity index (χ2n) is 4.12. The first-order chi connectivity index (χ1) is 9.71. The zero-order valence-corrected chi connectivity index (χ0v) is 11.6.